The molecule has 3 nitrogen and oxygen atoms in total. The molecule has 26 heavy (non-hydrogen) atoms. The van der Waals surface area contributed by atoms with Gasteiger partial charge in [0.1, 0.15) is 6.10 Å². The zero-order valence-corrected chi connectivity index (χ0v) is 15.5. The Labute approximate surface area is 156 Å². The van der Waals surface area contributed by atoms with E-state index in [1.165, 1.54) is 12.0 Å². The van der Waals surface area contributed by atoms with E-state index in [2.05, 4.69) is 49.3 Å². The third-order valence-electron chi connectivity index (χ3n) is 6.25. The van der Waals surface area contributed by atoms with Gasteiger partial charge in [-0.05, 0) is 57.0 Å². The lowest BCUT2D eigenvalue weighted by atomic mass is 9.58. The van der Waals surface area contributed by atoms with Crippen molar-refractivity contribution in [3.8, 4) is 0 Å². The van der Waals surface area contributed by atoms with Crippen LogP contribution in [0.5, 0.6) is 0 Å². The number of fused-ring (bicyclic) bond motifs is 3. The summed E-state index contributed by atoms with van der Waals surface area (Å²) in [5.74, 6) is 1.31. The summed E-state index contributed by atoms with van der Waals surface area (Å²) in [6, 6.07) is 20.6. The van der Waals surface area contributed by atoms with Gasteiger partial charge in [-0.3, -0.25) is 0 Å². The fourth-order valence-electron chi connectivity index (χ4n) is 5.21. The minimum atomic E-state index is -0.183. The van der Waals surface area contributed by atoms with E-state index in [0.717, 1.165) is 12.8 Å². The fourth-order valence-corrected chi connectivity index (χ4v) is 5.21. The van der Waals surface area contributed by atoms with E-state index in [0.29, 0.717) is 29.4 Å². The minimum absolute atomic E-state index is 0.0221. The van der Waals surface area contributed by atoms with Crippen LogP contribution in [-0.4, -0.2) is 37.1 Å². The van der Waals surface area contributed by atoms with Crippen LogP contribution in [0.3, 0.4) is 0 Å². The van der Waals surface area contributed by atoms with E-state index in [1.54, 1.807) is 0 Å². The van der Waals surface area contributed by atoms with Crippen molar-refractivity contribution in [1.82, 2.24) is 4.90 Å². The summed E-state index contributed by atoms with van der Waals surface area (Å²) < 4.78 is 6.01. The zero-order valence-electron chi connectivity index (χ0n) is 15.5. The second kappa shape index (κ2) is 7.24. The molecule has 3 fully saturated rings. The Morgan fingerprint density at radius 2 is 1.62 bits per heavy atom. The van der Waals surface area contributed by atoms with Crippen LogP contribution in [0.2, 0.25) is 0 Å². The maximum atomic E-state index is 12.6. The fraction of sp³-hybridized carbons (Fsp3) is 0.435. The van der Waals surface area contributed by atoms with E-state index < -0.39 is 0 Å². The lowest BCUT2D eigenvalue weighted by Gasteiger charge is -2.54. The van der Waals surface area contributed by atoms with Gasteiger partial charge in [0.15, 0.2) is 0 Å². The first-order valence-corrected chi connectivity index (χ1v) is 9.62. The van der Waals surface area contributed by atoms with Crippen LogP contribution in [0.1, 0.15) is 41.1 Å². The van der Waals surface area contributed by atoms with Gasteiger partial charge in [-0.2, -0.15) is 0 Å². The van der Waals surface area contributed by atoms with Gasteiger partial charge in [-0.1, -0.05) is 48.5 Å². The molecule has 5 atom stereocenters. The van der Waals surface area contributed by atoms with Gasteiger partial charge in [0.25, 0.3) is 0 Å². The minimum Gasteiger partial charge on any atom is -0.458 e. The second-order valence-electron chi connectivity index (χ2n) is 7.94. The molecule has 3 heteroatoms. The summed E-state index contributed by atoms with van der Waals surface area (Å²) in [6.07, 6.45) is 3.37. The zero-order chi connectivity index (χ0) is 18.1. The molecule has 0 saturated heterocycles. The largest absolute Gasteiger partial charge is 0.458 e. The van der Waals surface area contributed by atoms with Crippen LogP contribution in [-0.2, 0) is 4.74 Å². The highest BCUT2D eigenvalue weighted by Gasteiger charge is 2.51. The van der Waals surface area contributed by atoms with Crippen LogP contribution >= 0.6 is 0 Å². The number of hydrogen-bond acceptors (Lipinski definition) is 3. The summed E-state index contributed by atoms with van der Waals surface area (Å²) in [5, 5.41) is 0. The van der Waals surface area contributed by atoms with E-state index in [9.17, 15) is 4.79 Å². The third-order valence-corrected chi connectivity index (χ3v) is 6.25. The van der Waals surface area contributed by atoms with Crippen LogP contribution in [0.4, 0.5) is 0 Å². The molecule has 0 amide bonds. The Balaban J connectivity index is 1.57. The normalized spacial score (nSPS) is 30.3. The van der Waals surface area contributed by atoms with Crippen LogP contribution in [0.15, 0.2) is 60.7 Å². The van der Waals surface area contributed by atoms with Crippen molar-refractivity contribution in [2.75, 3.05) is 14.1 Å². The first-order valence-electron chi connectivity index (χ1n) is 9.62. The van der Waals surface area contributed by atoms with E-state index in [1.807, 2.05) is 30.3 Å². The van der Waals surface area contributed by atoms with Gasteiger partial charge in [-0.15, -0.1) is 0 Å². The average molecular weight is 349 g/mol. The highest BCUT2D eigenvalue weighted by atomic mass is 16.5. The van der Waals surface area contributed by atoms with Crippen LogP contribution in [0, 0.1) is 11.8 Å². The standard InChI is InChI=1S/C23H27NO2/c1-24(2)22-19-14-13-18(21(22)16-9-5-3-6-10-16)15-20(19)26-23(25)17-11-7-4-8-12-17/h3-12,18-22H,13-15H2,1-2H3/t18-,19+,20+,21-,22-/m1/s1. The molecule has 3 saturated carbocycles. The Morgan fingerprint density at radius 1 is 0.962 bits per heavy atom. The summed E-state index contributed by atoms with van der Waals surface area (Å²) >= 11 is 0. The maximum absolute atomic E-state index is 12.6. The summed E-state index contributed by atoms with van der Waals surface area (Å²) in [6.45, 7) is 0. The monoisotopic (exact) mass is 349 g/mol. The van der Waals surface area contributed by atoms with Gasteiger partial charge >= 0.3 is 5.97 Å². The predicted octanol–water partition coefficient (Wildman–Crippen LogP) is 4.36. The highest BCUT2D eigenvalue weighted by Crippen LogP contribution is 2.52. The Kier molecular flexibility index (Phi) is 4.82. The number of nitrogens with zero attached hydrogens (tertiary/aromatic N) is 1. The summed E-state index contributed by atoms with van der Waals surface area (Å²) in [5.41, 5.74) is 2.07. The molecule has 3 aliphatic carbocycles. The van der Waals surface area contributed by atoms with Crippen molar-refractivity contribution in [3.05, 3.63) is 71.8 Å². The molecule has 5 rings (SSSR count). The number of benzene rings is 2. The summed E-state index contributed by atoms with van der Waals surface area (Å²) in [7, 11) is 4.33. The maximum Gasteiger partial charge on any atom is 0.338 e. The molecule has 0 N–H and O–H groups in total. The topological polar surface area (TPSA) is 29.5 Å². The second-order valence-corrected chi connectivity index (χ2v) is 7.94. The molecule has 0 radical (unpaired) electrons. The Bertz CT molecular complexity index is 743. The number of carbonyl (C=O) groups excluding carboxylic acids is 1. The molecule has 2 aromatic rings. The van der Waals surface area contributed by atoms with E-state index in [-0.39, 0.29) is 12.1 Å². The molecule has 0 aromatic heterocycles. The van der Waals surface area contributed by atoms with Gasteiger partial charge in [0, 0.05) is 17.9 Å². The molecular weight excluding hydrogens is 322 g/mol. The Morgan fingerprint density at radius 3 is 2.27 bits per heavy atom. The lowest BCUT2D eigenvalue weighted by Crippen LogP contribution is -2.56. The number of ether oxygens (including phenoxy) is 1. The lowest BCUT2D eigenvalue weighted by molar-refractivity contribution is -0.0746. The predicted molar refractivity (Wildman–Crippen MR) is 103 cm³/mol. The third kappa shape index (κ3) is 3.16. The smallest absolute Gasteiger partial charge is 0.338 e. The number of carbonyl (C=O) groups is 1. The molecule has 136 valence electrons. The molecule has 2 aromatic carbocycles. The van der Waals surface area contributed by atoms with Crippen molar-refractivity contribution >= 4 is 5.97 Å². The molecule has 0 aliphatic heterocycles. The number of rotatable bonds is 4. The molecule has 0 heterocycles. The Hall–Kier alpha value is -2.13. The average Bonchev–Trinajstić information content (AvgIpc) is 2.69. The van der Waals surface area contributed by atoms with Gasteiger partial charge in [0.05, 0.1) is 5.56 Å². The number of likely N-dealkylation sites (N-methyl/N-ethyl adjacent to an activating group) is 1. The van der Waals surface area contributed by atoms with Crippen molar-refractivity contribution in [2.45, 2.75) is 37.3 Å². The van der Waals surface area contributed by atoms with E-state index in [4.69, 9.17) is 4.74 Å². The quantitative estimate of drug-likeness (QED) is 0.768. The van der Waals surface area contributed by atoms with Crippen molar-refractivity contribution < 1.29 is 9.53 Å². The summed E-state index contributed by atoms with van der Waals surface area (Å²) in [4.78, 5) is 14.9. The van der Waals surface area contributed by atoms with Crippen molar-refractivity contribution in [1.29, 1.82) is 0 Å². The molecule has 2 bridgehead atoms. The number of esters is 1. The SMILES string of the molecule is CN(C)[C@@H]1[C@H]2CC[C@H](C[C@@H]2OC(=O)c2ccccc2)[C@H]1c1ccccc1. The molecule has 0 spiro atoms. The van der Waals surface area contributed by atoms with E-state index >= 15 is 0 Å². The van der Waals surface area contributed by atoms with Gasteiger partial charge in [0.2, 0.25) is 0 Å². The molecular formula is C23H27NO2. The van der Waals surface area contributed by atoms with Crippen molar-refractivity contribution in [2.24, 2.45) is 11.8 Å². The molecule has 0 unspecified atom stereocenters. The van der Waals surface area contributed by atoms with Crippen LogP contribution < -0.4 is 0 Å². The van der Waals surface area contributed by atoms with Crippen LogP contribution in [0.25, 0.3) is 0 Å². The van der Waals surface area contributed by atoms with Gasteiger partial charge < -0.3 is 9.64 Å². The first kappa shape index (κ1) is 17.3. The molecule has 3 aliphatic rings. The van der Waals surface area contributed by atoms with Gasteiger partial charge in [-0.25, -0.2) is 4.79 Å². The highest BCUT2D eigenvalue weighted by molar-refractivity contribution is 5.89. The first-order chi connectivity index (χ1) is 12.6. The number of hydrogen-bond donors (Lipinski definition) is 0. The van der Waals surface area contributed by atoms with Crippen molar-refractivity contribution in [3.63, 3.8) is 0 Å².